The van der Waals surface area contributed by atoms with E-state index in [9.17, 15) is 5.11 Å². The van der Waals surface area contributed by atoms with E-state index in [0.29, 0.717) is 11.1 Å². The summed E-state index contributed by atoms with van der Waals surface area (Å²) < 4.78 is 2.05. The molecule has 0 atom stereocenters. The maximum Gasteiger partial charge on any atom is 0.134 e. The van der Waals surface area contributed by atoms with Gasteiger partial charge >= 0.3 is 0 Å². The van der Waals surface area contributed by atoms with Crippen LogP contribution in [-0.2, 0) is 0 Å². The molecule has 0 saturated carbocycles. The Morgan fingerprint density at radius 2 is 1.93 bits per heavy atom. The minimum absolute atomic E-state index is 0.0734. The number of anilines is 2. The highest BCUT2D eigenvalue weighted by atomic mass is 35.5. The van der Waals surface area contributed by atoms with Crippen LogP contribution in [0, 0.1) is 6.07 Å². The molecule has 6 nitrogen and oxygen atoms in total. The lowest BCUT2D eigenvalue weighted by atomic mass is 10.0. The van der Waals surface area contributed by atoms with Crippen molar-refractivity contribution in [2.75, 3.05) is 18.4 Å². The first-order chi connectivity index (χ1) is 14.7. The van der Waals surface area contributed by atoms with E-state index in [0.717, 1.165) is 59.3 Å². The summed E-state index contributed by atoms with van der Waals surface area (Å²) in [5.74, 6) is 0.0734. The average molecular weight is 419 g/mol. The lowest BCUT2D eigenvalue weighted by Gasteiger charge is -2.22. The summed E-state index contributed by atoms with van der Waals surface area (Å²) in [7, 11) is 0. The van der Waals surface area contributed by atoms with Crippen molar-refractivity contribution in [2.24, 2.45) is 0 Å². The molecule has 0 bridgehead atoms. The van der Waals surface area contributed by atoms with Crippen LogP contribution in [0.1, 0.15) is 18.9 Å². The molecule has 3 heterocycles. The second kappa shape index (κ2) is 7.97. The van der Waals surface area contributed by atoms with Crippen LogP contribution in [0.15, 0.2) is 55.0 Å². The van der Waals surface area contributed by atoms with Crippen molar-refractivity contribution in [1.29, 1.82) is 0 Å². The first kappa shape index (κ1) is 18.9. The number of aromatic hydroxyl groups is 1. The summed E-state index contributed by atoms with van der Waals surface area (Å²) in [6, 6.07) is 14.9. The van der Waals surface area contributed by atoms with Gasteiger partial charge < -0.3 is 15.7 Å². The third kappa shape index (κ3) is 3.72. The smallest absolute Gasteiger partial charge is 0.134 e. The highest BCUT2D eigenvalue weighted by Crippen LogP contribution is 2.33. The summed E-state index contributed by atoms with van der Waals surface area (Å²) in [5, 5.41) is 22.4. The number of halogens is 1. The van der Waals surface area contributed by atoms with E-state index in [4.69, 9.17) is 11.6 Å². The van der Waals surface area contributed by atoms with Crippen molar-refractivity contribution >= 4 is 33.9 Å². The quantitative estimate of drug-likeness (QED) is 0.438. The van der Waals surface area contributed by atoms with Crippen molar-refractivity contribution in [3.05, 3.63) is 66.1 Å². The number of rotatable bonds is 4. The predicted molar refractivity (Wildman–Crippen MR) is 119 cm³/mol. The molecule has 4 aromatic rings. The lowest BCUT2D eigenvalue weighted by molar-refractivity contribution is 0.343. The fraction of sp³-hybridized carbons (Fsp3) is 0.217. The molecule has 7 heteroatoms. The molecule has 0 spiro atoms. The normalized spacial score (nSPS) is 14.8. The van der Waals surface area contributed by atoms with Crippen molar-refractivity contribution < 1.29 is 5.11 Å². The second-order valence-corrected chi connectivity index (χ2v) is 7.90. The summed E-state index contributed by atoms with van der Waals surface area (Å²) in [5.41, 5.74) is 4.55. The third-order valence-corrected chi connectivity index (χ3v) is 5.82. The molecule has 3 N–H and O–H groups in total. The van der Waals surface area contributed by atoms with Gasteiger partial charge in [0, 0.05) is 23.8 Å². The number of fused-ring (bicyclic) bond motifs is 1. The molecule has 1 fully saturated rings. The maximum absolute atomic E-state index is 9.70. The minimum Gasteiger partial charge on any atom is -0.506 e. The molecule has 5 rings (SSSR count). The monoisotopic (exact) mass is 418 g/mol. The fourth-order valence-electron chi connectivity index (χ4n) is 3.88. The van der Waals surface area contributed by atoms with Crippen LogP contribution in [0.4, 0.5) is 11.4 Å². The predicted octanol–water partition coefficient (Wildman–Crippen LogP) is 4.93. The molecule has 1 aliphatic rings. The number of phenolic OH excluding ortho intramolecular Hbond substituents is 1. The number of aromatic nitrogens is 3. The van der Waals surface area contributed by atoms with Crippen molar-refractivity contribution in [2.45, 2.75) is 18.9 Å². The number of phenols is 1. The van der Waals surface area contributed by atoms with Gasteiger partial charge in [0.1, 0.15) is 5.75 Å². The van der Waals surface area contributed by atoms with Crippen LogP contribution >= 0.6 is 11.6 Å². The molecule has 1 radical (unpaired) electrons. The summed E-state index contributed by atoms with van der Waals surface area (Å²) in [4.78, 5) is 4.44. The number of piperidine rings is 1. The Morgan fingerprint density at radius 1 is 1.13 bits per heavy atom. The van der Waals surface area contributed by atoms with E-state index in [1.807, 2.05) is 24.4 Å². The van der Waals surface area contributed by atoms with Gasteiger partial charge in [0.05, 0.1) is 34.2 Å². The van der Waals surface area contributed by atoms with Gasteiger partial charge in [-0.05, 0) is 61.3 Å². The number of hydrogen-bond acceptors (Lipinski definition) is 5. The Hall–Kier alpha value is -3.09. The molecule has 2 aromatic carbocycles. The zero-order valence-corrected chi connectivity index (χ0v) is 17.0. The molecule has 30 heavy (non-hydrogen) atoms. The van der Waals surface area contributed by atoms with Gasteiger partial charge in [-0.1, -0.05) is 23.7 Å². The zero-order valence-electron chi connectivity index (χ0n) is 16.3. The summed E-state index contributed by atoms with van der Waals surface area (Å²) in [6.45, 7) is 2.06. The highest BCUT2D eigenvalue weighted by Gasteiger charge is 2.16. The fourth-order valence-corrected chi connectivity index (χ4v) is 4.06. The molecule has 2 aromatic heterocycles. The lowest BCUT2D eigenvalue weighted by Crippen LogP contribution is -2.29. The van der Waals surface area contributed by atoms with Gasteiger partial charge in [0.25, 0.3) is 0 Å². The Bertz CT molecular complexity index is 1200. The Balaban J connectivity index is 1.47. The van der Waals surface area contributed by atoms with E-state index in [-0.39, 0.29) is 5.75 Å². The van der Waals surface area contributed by atoms with E-state index in [1.54, 1.807) is 18.3 Å². The Labute approximate surface area is 179 Å². The van der Waals surface area contributed by atoms with Crippen molar-refractivity contribution in [1.82, 2.24) is 20.1 Å². The van der Waals surface area contributed by atoms with Crippen LogP contribution in [-0.4, -0.2) is 33.0 Å². The molecular formula is C23H21ClN5O. The van der Waals surface area contributed by atoms with Crippen molar-refractivity contribution in [3.8, 4) is 16.9 Å². The molecular weight excluding hydrogens is 398 g/mol. The number of hydrogen-bond donors (Lipinski definition) is 3. The number of benzene rings is 2. The molecule has 151 valence electrons. The van der Waals surface area contributed by atoms with E-state index < -0.39 is 0 Å². The first-order valence-corrected chi connectivity index (χ1v) is 10.4. The van der Waals surface area contributed by atoms with Gasteiger partial charge in [0.15, 0.2) is 0 Å². The van der Waals surface area contributed by atoms with Crippen LogP contribution in [0.5, 0.6) is 5.75 Å². The Morgan fingerprint density at radius 3 is 2.77 bits per heavy atom. The van der Waals surface area contributed by atoms with Crippen LogP contribution in [0.25, 0.3) is 22.0 Å². The van der Waals surface area contributed by atoms with E-state index in [2.05, 4.69) is 43.7 Å². The minimum atomic E-state index is 0.0734. The average Bonchev–Trinajstić information content (AvgIpc) is 3.25. The van der Waals surface area contributed by atoms with Gasteiger partial charge in [-0.15, -0.1) is 0 Å². The first-order valence-electron chi connectivity index (χ1n) is 9.98. The highest BCUT2D eigenvalue weighted by molar-refractivity contribution is 6.32. The largest absolute Gasteiger partial charge is 0.506 e. The maximum atomic E-state index is 9.70. The Kier molecular flexibility index (Phi) is 5.02. The third-order valence-electron chi connectivity index (χ3n) is 5.51. The molecule has 0 amide bonds. The molecule has 1 aliphatic heterocycles. The van der Waals surface area contributed by atoms with E-state index in [1.165, 1.54) is 0 Å². The number of nitrogens with one attached hydrogen (secondary N) is 2. The summed E-state index contributed by atoms with van der Waals surface area (Å²) in [6.07, 6.45) is 7.76. The number of pyridine rings is 1. The molecule has 0 aliphatic carbocycles. The van der Waals surface area contributed by atoms with E-state index >= 15 is 0 Å². The summed E-state index contributed by atoms with van der Waals surface area (Å²) >= 11 is 6.09. The molecule has 1 saturated heterocycles. The van der Waals surface area contributed by atoms with Gasteiger partial charge in [-0.2, -0.15) is 5.10 Å². The standard InChI is InChI=1S/C23H21ClN5O/c24-20-12-16(2-4-23(20)30)15-1-3-21-19(11-15)22(7-10-26-21)28-17-13-27-29(14-17)18-5-8-25-9-6-18/h1-4,10-14,18,25,30H,5-6,8-9H2,(H,26,28). The van der Waals surface area contributed by atoms with Crippen molar-refractivity contribution in [3.63, 3.8) is 0 Å². The van der Waals surface area contributed by atoms with Crippen LogP contribution < -0.4 is 10.6 Å². The van der Waals surface area contributed by atoms with Gasteiger partial charge in [0.2, 0.25) is 0 Å². The SMILES string of the molecule is Oc1ccc(-c2ccc3nc[c]c(Nc4cnn(C5CCNCC5)c4)c3c2)cc1Cl. The van der Waals surface area contributed by atoms with Gasteiger partial charge in [-0.25, -0.2) is 0 Å². The van der Waals surface area contributed by atoms with Gasteiger partial charge in [-0.3, -0.25) is 9.67 Å². The van der Waals surface area contributed by atoms with Crippen LogP contribution in [0.3, 0.4) is 0 Å². The zero-order chi connectivity index (χ0) is 20.5. The topological polar surface area (TPSA) is 75.0 Å². The van der Waals surface area contributed by atoms with Crippen LogP contribution in [0.2, 0.25) is 5.02 Å². The number of nitrogens with zero attached hydrogens (tertiary/aromatic N) is 3. The second-order valence-electron chi connectivity index (χ2n) is 7.49. The molecule has 0 unspecified atom stereocenters.